The zero-order valence-corrected chi connectivity index (χ0v) is 18.3. The summed E-state index contributed by atoms with van der Waals surface area (Å²) >= 11 is 7.38. The van der Waals surface area contributed by atoms with Gasteiger partial charge in [0.25, 0.3) is 10.0 Å². The molecule has 0 bridgehead atoms. The Hall–Kier alpha value is -2.27. The number of thiazole rings is 1. The van der Waals surface area contributed by atoms with E-state index in [1.54, 1.807) is 19.1 Å². The predicted octanol–water partition coefficient (Wildman–Crippen LogP) is 5.20. The van der Waals surface area contributed by atoms with Gasteiger partial charge in [-0.25, -0.2) is 22.2 Å². The van der Waals surface area contributed by atoms with Crippen molar-refractivity contribution in [3.05, 3.63) is 69.0 Å². The molecule has 2 N–H and O–H groups in total. The number of nitrogens with one attached hydrogen (secondary N) is 2. The maximum Gasteiger partial charge on any atom is 0.266 e. The van der Waals surface area contributed by atoms with Gasteiger partial charge in [-0.1, -0.05) is 17.7 Å². The molecule has 0 radical (unpaired) electrons. The number of nitrogens with zero attached hydrogens (tertiary/aromatic N) is 1. The van der Waals surface area contributed by atoms with Gasteiger partial charge in [0.1, 0.15) is 16.5 Å². The van der Waals surface area contributed by atoms with Crippen LogP contribution in [0.5, 0.6) is 0 Å². The van der Waals surface area contributed by atoms with Crippen LogP contribution in [0.1, 0.15) is 24.1 Å². The standard InChI is InChI=1S/C19H18ClF2N3O3S2/c1-11(13-5-12(8-28-2)3-4-15(13)21)24-17-7-16(22)18(6-14(17)20)30(26,27)25-19-9-29-10-23-19/h3-7,9-11,24-25H,8H2,1-2H3/t11-/m0/s1. The summed E-state index contributed by atoms with van der Waals surface area (Å²) in [7, 11) is -2.69. The van der Waals surface area contributed by atoms with E-state index in [1.807, 2.05) is 0 Å². The minimum Gasteiger partial charge on any atom is -0.380 e. The third-order valence-electron chi connectivity index (χ3n) is 4.19. The van der Waals surface area contributed by atoms with Gasteiger partial charge < -0.3 is 10.1 Å². The van der Waals surface area contributed by atoms with Gasteiger partial charge in [0.05, 0.1) is 28.9 Å². The van der Waals surface area contributed by atoms with Crippen LogP contribution in [0.3, 0.4) is 0 Å². The third kappa shape index (κ3) is 5.07. The summed E-state index contributed by atoms with van der Waals surface area (Å²) < 4.78 is 61.0. The minimum atomic E-state index is -4.22. The van der Waals surface area contributed by atoms with E-state index >= 15 is 0 Å². The Kier molecular flexibility index (Phi) is 6.91. The van der Waals surface area contributed by atoms with Crippen LogP contribution in [0.25, 0.3) is 0 Å². The lowest BCUT2D eigenvalue weighted by molar-refractivity contribution is 0.184. The van der Waals surface area contributed by atoms with Crippen molar-refractivity contribution in [1.82, 2.24) is 4.98 Å². The SMILES string of the molecule is COCc1ccc(F)c([C@H](C)Nc2cc(F)c(S(=O)(=O)Nc3cscn3)cc2Cl)c1. The number of hydrogen-bond acceptors (Lipinski definition) is 6. The summed E-state index contributed by atoms with van der Waals surface area (Å²) in [5.41, 5.74) is 2.68. The topological polar surface area (TPSA) is 80.3 Å². The van der Waals surface area contributed by atoms with Crippen LogP contribution in [0.2, 0.25) is 5.02 Å². The van der Waals surface area contributed by atoms with Gasteiger partial charge in [-0.3, -0.25) is 4.72 Å². The fraction of sp³-hybridized carbons (Fsp3) is 0.211. The molecule has 0 saturated heterocycles. The molecule has 0 aliphatic carbocycles. The second-order valence-corrected chi connectivity index (χ2v) is 9.17. The van der Waals surface area contributed by atoms with Gasteiger partial charge in [-0.05, 0) is 36.8 Å². The maximum atomic E-state index is 14.6. The van der Waals surface area contributed by atoms with Crippen LogP contribution in [-0.4, -0.2) is 20.5 Å². The number of rotatable bonds is 8. The molecule has 2 aromatic carbocycles. The predicted molar refractivity (Wildman–Crippen MR) is 113 cm³/mol. The third-order valence-corrected chi connectivity index (χ3v) is 6.46. The van der Waals surface area contributed by atoms with Gasteiger partial charge in [0.2, 0.25) is 0 Å². The molecule has 3 rings (SSSR count). The summed E-state index contributed by atoms with van der Waals surface area (Å²) in [6.07, 6.45) is 0. The van der Waals surface area contributed by atoms with E-state index in [1.165, 1.54) is 35.4 Å². The lowest BCUT2D eigenvalue weighted by Gasteiger charge is -2.19. The fourth-order valence-electron chi connectivity index (χ4n) is 2.79. The summed E-state index contributed by atoms with van der Waals surface area (Å²) in [4.78, 5) is 3.20. The molecule has 0 aliphatic rings. The molecule has 0 aliphatic heterocycles. The zero-order chi connectivity index (χ0) is 21.9. The van der Waals surface area contributed by atoms with Gasteiger partial charge >= 0.3 is 0 Å². The van der Waals surface area contributed by atoms with E-state index in [9.17, 15) is 17.2 Å². The van der Waals surface area contributed by atoms with Crippen molar-refractivity contribution >= 4 is 44.5 Å². The monoisotopic (exact) mass is 473 g/mol. The van der Waals surface area contributed by atoms with Crippen molar-refractivity contribution in [1.29, 1.82) is 0 Å². The van der Waals surface area contributed by atoms with Gasteiger partial charge in [-0.2, -0.15) is 0 Å². The Morgan fingerprint density at radius 3 is 2.67 bits per heavy atom. The molecule has 0 spiro atoms. The molecule has 0 fully saturated rings. The molecule has 11 heteroatoms. The smallest absolute Gasteiger partial charge is 0.266 e. The number of hydrogen-bond donors (Lipinski definition) is 2. The van der Waals surface area contributed by atoms with E-state index in [0.717, 1.165) is 17.7 Å². The molecule has 1 atom stereocenters. The van der Waals surface area contributed by atoms with Crippen LogP contribution in [0.4, 0.5) is 20.3 Å². The van der Waals surface area contributed by atoms with Crippen LogP contribution in [0.15, 0.2) is 46.1 Å². The quantitative estimate of drug-likeness (QED) is 0.470. The lowest BCUT2D eigenvalue weighted by Crippen LogP contribution is -2.16. The van der Waals surface area contributed by atoms with Crippen molar-refractivity contribution in [2.45, 2.75) is 24.5 Å². The van der Waals surface area contributed by atoms with Crippen LogP contribution < -0.4 is 10.0 Å². The Balaban J connectivity index is 1.86. The molecule has 1 heterocycles. The number of methoxy groups -OCH3 is 1. The molecular weight excluding hydrogens is 456 g/mol. The first kappa shape index (κ1) is 22.4. The first-order chi connectivity index (χ1) is 14.2. The van der Waals surface area contributed by atoms with Crippen LogP contribution >= 0.6 is 22.9 Å². The molecule has 0 unspecified atom stereocenters. The van der Waals surface area contributed by atoms with E-state index in [4.69, 9.17) is 16.3 Å². The maximum absolute atomic E-state index is 14.6. The first-order valence-corrected chi connectivity index (χ1v) is 11.5. The summed E-state index contributed by atoms with van der Waals surface area (Å²) in [5, 5.41) is 4.36. The number of ether oxygens (including phenoxy) is 1. The number of anilines is 2. The van der Waals surface area contributed by atoms with Crippen molar-refractivity contribution in [3.63, 3.8) is 0 Å². The molecule has 3 aromatic rings. The number of aromatic nitrogens is 1. The summed E-state index contributed by atoms with van der Waals surface area (Å²) in [5.74, 6) is -1.37. The summed E-state index contributed by atoms with van der Waals surface area (Å²) in [6, 6.07) is 5.95. The van der Waals surface area contributed by atoms with Crippen LogP contribution in [-0.2, 0) is 21.4 Å². The van der Waals surface area contributed by atoms with Crippen molar-refractivity contribution in [3.8, 4) is 0 Å². The molecule has 1 aromatic heterocycles. The van der Waals surface area contributed by atoms with E-state index < -0.39 is 32.6 Å². The molecule has 6 nitrogen and oxygen atoms in total. The summed E-state index contributed by atoms with van der Waals surface area (Å²) in [6.45, 7) is 1.99. The van der Waals surface area contributed by atoms with Crippen molar-refractivity contribution in [2.75, 3.05) is 17.1 Å². The zero-order valence-electron chi connectivity index (χ0n) is 15.9. The highest BCUT2D eigenvalue weighted by Gasteiger charge is 2.23. The van der Waals surface area contributed by atoms with Gasteiger partial charge in [-0.15, -0.1) is 11.3 Å². The average molecular weight is 474 g/mol. The molecule has 160 valence electrons. The van der Waals surface area contributed by atoms with Gasteiger partial charge in [0, 0.05) is 18.1 Å². The second-order valence-electron chi connectivity index (χ2n) is 6.40. The highest BCUT2D eigenvalue weighted by Crippen LogP contribution is 2.32. The first-order valence-electron chi connectivity index (χ1n) is 8.65. The highest BCUT2D eigenvalue weighted by atomic mass is 35.5. The molecule has 0 amide bonds. The Bertz CT molecular complexity index is 1140. The average Bonchev–Trinajstić information content (AvgIpc) is 3.18. The largest absolute Gasteiger partial charge is 0.380 e. The Labute approximate surface area is 181 Å². The second kappa shape index (κ2) is 9.25. The van der Waals surface area contributed by atoms with E-state index in [0.29, 0.717) is 12.2 Å². The molecular formula is C19H18ClF2N3O3S2. The van der Waals surface area contributed by atoms with Crippen molar-refractivity contribution < 1.29 is 21.9 Å². The highest BCUT2D eigenvalue weighted by molar-refractivity contribution is 7.92. The number of sulfonamides is 1. The van der Waals surface area contributed by atoms with E-state index in [2.05, 4.69) is 15.0 Å². The van der Waals surface area contributed by atoms with Crippen LogP contribution in [0, 0.1) is 11.6 Å². The lowest BCUT2D eigenvalue weighted by atomic mass is 10.0. The minimum absolute atomic E-state index is 0.0321. The number of halogens is 3. The van der Waals surface area contributed by atoms with E-state index in [-0.39, 0.29) is 16.5 Å². The van der Waals surface area contributed by atoms with Crippen molar-refractivity contribution in [2.24, 2.45) is 0 Å². The van der Waals surface area contributed by atoms with Gasteiger partial charge in [0.15, 0.2) is 5.82 Å². The number of benzene rings is 2. The normalized spacial score (nSPS) is 12.6. The Morgan fingerprint density at radius 1 is 1.23 bits per heavy atom. The molecule has 30 heavy (non-hydrogen) atoms. The molecule has 0 saturated carbocycles. The fourth-order valence-corrected chi connectivity index (χ4v) is 4.72. The Morgan fingerprint density at radius 2 is 2.00 bits per heavy atom.